The first-order valence-electron chi connectivity index (χ1n) is 11.0. The van der Waals surface area contributed by atoms with Crippen molar-refractivity contribution in [1.82, 2.24) is 15.5 Å². The number of hydrogen-bond donors (Lipinski definition) is 2. The Labute approximate surface area is 218 Å². The molecular weight excluding hydrogens is 510 g/mol. The first kappa shape index (κ1) is 27.5. The molecule has 190 valence electrons. The largest absolute Gasteiger partial charge is 0.434 e. The fourth-order valence-electron chi connectivity index (χ4n) is 3.36. The topological polar surface area (TPSA) is 106 Å². The monoisotopic (exact) mass is 534 g/mol. The zero-order chi connectivity index (χ0) is 26.2. The number of nitrogens with one attached hydrogen (secondary N) is 1. The highest BCUT2D eigenvalue weighted by Gasteiger charge is 2.23. The number of ether oxygens (including phenoxy) is 1. The zero-order valence-electron chi connectivity index (χ0n) is 19.8. The fraction of sp³-hybridized carbons (Fsp3) is 0.280. The molecule has 36 heavy (non-hydrogen) atoms. The summed E-state index contributed by atoms with van der Waals surface area (Å²) < 4.78 is 20.2. The average Bonchev–Trinajstić information content (AvgIpc) is 2.83. The summed E-state index contributed by atoms with van der Waals surface area (Å²) in [7, 11) is 0. The number of hydrogen-bond acceptors (Lipinski definition) is 8. The van der Waals surface area contributed by atoms with Crippen molar-refractivity contribution in [1.29, 1.82) is 0 Å². The predicted molar refractivity (Wildman–Crippen MR) is 135 cm³/mol. The van der Waals surface area contributed by atoms with Gasteiger partial charge in [-0.25, -0.2) is 9.18 Å². The van der Waals surface area contributed by atoms with Crippen molar-refractivity contribution in [3.8, 4) is 11.6 Å². The standard InChI is InChI=1S/C25H25Cl2FN4O4/c1-14-7-8-17(21(27)9-14)11-18(13-33)30-22(12-29-36-16(3)34)19-10-15(2)31-32-25(19)35-23-6-4-5-20(26)24(23)28/h4-10,12,18,22,30,33H,11,13H2,1-3H3/t18-,22?/m0/s1. The van der Waals surface area contributed by atoms with E-state index in [0.29, 0.717) is 22.7 Å². The minimum Gasteiger partial charge on any atom is -0.434 e. The number of aliphatic hydroxyl groups excluding tert-OH is 1. The first-order chi connectivity index (χ1) is 17.2. The van der Waals surface area contributed by atoms with Gasteiger partial charge < -0.3 is 14.7 Å². The highest BCUT2D eigenvalue weighted by molar-refractivity contribution is 6.31. The quantitative estimate of drug-likeness (QED) is 0.211. The second-order valence-electron chi connectivity index (χ2n) is 8.06. The molecule has 11 heteroatoms. The molecule has 0 saturated heterocycles. The van der Waals surface area contributed by atoms with Crippen molar-refractivity contribution in [2.24, 2.45) is 5.16 Å². The second kappa shape index (κ2) is 12.7. The molecule has 2 aromatic carbocycles. The number of aromatic nitrogens is 2. The van der Waals surface area contributed by atoms with Crippen LogP contribution in [0.4, 0.5) is 4.39 Å². The Morgan fingerprint density at radius 1 is 1.19 bits per heavy atom. The fourth-order valence-corrected chi connectivity index (χ4v) is 3.84. The van der Waals surface area contributed by atoms with Gasteiger partial charge in [-0.2, -0.15) is 5.10 Å². The van der Waals surface area contributed by atoms with Crippen molar-refractivity contribution < 1.29 is 23.9 Å². The molecule has 0 radical (unpaired) electrons. The molecule has 0 fully saturated rings. The van der Waals surface area contributed by atoms with Gasteiger partial charge in [0.15, 0.2) is 11.6 Å². The van der Waals surface area contributed by atoms with Crippen LogP contribution in [0.1, 0.15) is 35.3 Å². The van der Waals surface area contributed by atoms with Crippen LogP contribution in [0.5, 0.6) is 11.6 Å². The van der Waals surface area contributed by atoms with Crippen LogP contribution in [0.15, 0.2) is 47.6 Å². The van der Waals surface area contributed by atoms with Gasteiger partial charge in [0.1, 0.15) is 0 Å². The highest BCUT2D eigenvalue weighted by atomic mass is 35.5. The van der Waals surface area contributed by atoms with Gasteiger partial charge in [0.05, 0.1) is 29.6 Å². The smallest absolute Gasteiger partial charge is 0.331 e. The third-order valence-corrected chi connectivity index (χ3v) is 5.71. The lowest BCUT2D eigenvalue weighted by Crippen LogP contribution is -2.38. The van der Waals surface area contributed by atoms with Gasteiger partial charge >= 0.3 is 5.97 Å². The van der Waals surface area contributed by atoms with E-state index in [1.54, 1.807) is 13.0 Å². The lowest BCUT2D eigenvalue weighted by molar-refractivity contribution is -0.140. The van der Waals surface area contributed by atoms with Crippen LogP contribution in [0, 0.1) is 19.7 Å². The third kappa shape index (κ3) is 7.44. The van der Waals surface area contributed by atoms with E-state index in [4.69, 9.17) is 32.8 Å². The van der Waals surface area contributed by atoms with E-state index in [1.807, 2.05) is 25.1 Å². The third-order valence-electron chi connectivity index (χ3n) is 5.07. The molecule has 0 amide bonds. The number of aryl methyl sites for hydroxylation is 2. The van der Waals surface area contributed by atoms with Crippen molar-refractivity contribution >= 4 is 35.4 Å². The summed E-state index contributed by atoms with van der Waals surface area (Å²) in [6.45, 7) is 4.61. The summed E-state index contributed by atoms with van der Waals surface area (Å²) in [5.74, 6) is -1.55. The van der Waals surface area contributed by atoms with Gasteiger partial charge in [-0.05, 0) is 55.7 Å². The van der Waals surface area contributed by atoms with Crippen LogP contribution < -0.4 is 10.1 Å². The van der Waals surface area contributed by atoms with E-state index in [2.05, 4.69) is 20.7 Å². The van der Waals surface area contributed by atoms with Crippen LogP contribution in [0.25, 0.3) is 0 Å². The number of carbonyl (C=O) groups excluding carboxylic acids is 1. The number of rotatable bonds is 10. The van der Waals surface area contributed by atoms with Gasteiger partial charge in [-0.1, -0.05) is 46.6 Å². The summed E-state index contributed by atoms with van der Waals surface area (Å²) in [4.78, 5) is 16.0. The molecule has 0 spiro atoms. The number of nitrogens with zero attached hydrogens (tertiary/aromatic N) is 3. The van der Waals surface area contributed by atoms with Crippen LogP contribution in [-0.4, -0.2) is 40.1 Å². The van der Waals surface area contributed by atoms with E-state index < -0.39 is 23.9 Å². The normalized spacial score (nSPS) is 13.0. The molecule has 1 unspecified atom stereocenters. The second-order valence-corrected chi connectivity index (χ2v) is 8.87. The van der Waals surface area contributed by atoms with Gasteiger partial charge in [0.2, 0.25) is 5.88 Å². The minimum absolute atomic E-state index is 0.0291. The molecule has 2 atom stereocenters. The Hall–Kier alpha value is -3.11. The van der Waals surface area contributed by atoms with Crippen molar-refractivity contribution in [2.45, 2.75) is 39.3 Å². The summed E-state index contributed by atoms with van der Waals surface area (Å²) in [5.41, 5.74) is 2.79. The van der Waals surface area contributed by atoms with E-state index in [0.717, 1.165) is 11.1 Å². The van der Waals surface area contributed by atoms with E-state index in [1.165, 1.54) is 31.3 Å². The van der Waals surface area contributed by atoms with E-state index in [9.17, 15) is 14.3 Å². The molecule has 0 saturated carbocycles. The lowest BCUT2D eigenvalue weighted by Gasteiger charge is -2.24. The molecule has 3 rings (SSSR count). The zero-order valence-corrected chi connectivity index (χ0v) is 21.3. The van der Waals surface area contributed by atoms with Gasteiger partial charge in [0.25, 0.3) is 0 Å². The highest BCUT2D eigenvalue weighted by Crippen LogP contribution is 2.32. The molecule has 8 nitrogen and oxygen atoms in total. The molecular formula is C25H25Cl2FN4O4. The number of carbonyl (C=O) groups is 1. The van der Waals surface area contributed by atoms with Crippen LogP contribution in [-0.2, 0) is 16.1 Å². The summed E-state index contributed by atoms with van der Waals surface area (Å²) >= 11 is 12.3. The summed E-state index contributed by atoms with van der Waals surface area (Å²) in [6, 6.07) is 10.4. The number of halogens is 3. The number of aliphatic hydroxyl groups is 1. The molecule has 0 bridgehead atoms. The predicted octanol–water partition coefficient (Wildman–Crippen LogP) is 5.11. The molecule has 2 N–H and O–H groups in total. The van der Waals surface area contributed by atoms with Crippen LogP contribution >= 0.6 is 23.2 Å². The van der Waals surface area contributed by atoms with Crippen molar-refractivity contribution in [2.75, 3.05) is 6.61 Å². The van der Waals surface area contributed by atoms with Gasteiger partial charge in [-0.3, -0.25) is 5.32 Å². The first-order valence-corrected chi connectivity index (χ1v) is 11.7. The maximum atomic E-state index is 14.5. The minimum atomic E-state index is -0.780. The Morgan fingerprint density at radius 3 is 2.67 bits per heavy atom. The Bertz CT molecular complexity index is 1260. The maximum Gasteiger partial charge on any atom is 0.331 e. The van der Waals surface area contributed by atoms with Crippen LogP contribution in [0.3, 0.4) is 0 Å². The summed E-state index contributed by atoms with van der Waals surface area (Å²) in [5, 5.41) is 25.6. The lowest BCUT2D eigenvalue weighted by atomic mass is 10.0. The maximum absolute atomic E-state index is 14.5. The molecule has 3 aromatic rings. The van der Waals surface area contributed by atoms with E-state index in [-0.39, 0.29) is 23.3 Å². The van der Waals surface area contributed by atoms with Crippen molar-refractivity contribution in [3.05, 3.63) is 80.7 Å². The number of oxime groups is 1. The van der Waals surface area contributed by atoms with E-state index >= 15 is 0 Å². The van der Waals surface area contributed by atoms with Crippen molar-refractivity contribution in [3.63, 3.8) is 0 Å². The molecule has 1 aromatic heterocycles. The SMILES string of the molecule is CC(=O)ON=CC(N[C@H](CO)Cc1ccc(C)cc1Cl)c1cc(C)nnc1Oc1cccc(Cl)c1F. The number of benzene rings is 2. The Kier molecular flexibility index (Phi) is 9.72. The molecule has 0 aliphatic carbocycles. The summed E-state index contributed by atoms with van der Waals surface area (Å²) in [6.07, 6.45) is 1.70. The average molecular weight is 535 g/mol. The molecule has 0 aliphatic rings. The van der Waals surface area contributed by atoms with Crippen LogP contribution in [0.2, 0.25) is 10.0 Å². The van der Waals surface area contributed by atoms with Gasteiger partial charge in [-0.15, -0.1) is 5.10 Å². The van der Waals surface area contributed by atoms with Gasteiger partial charge in [0, 0.05) is 23.6 Å². The Morgan fingerprint density at radius 2 is 1.97 bits per heavy atom. The molecule has 1 heterocycles. The Balaban J connectivity index is 1.97. The molecule has 0 aliphatic heterocycles.